The first-order valence-electron chi connectivity index (χ1n) is 10.3. The highest BCUT2D eigenvalue weighted by Gasteiger charge is 2.42. The molecule has 0 aromatic heterocycles. The fraction of sp³-hybridized carbons (Fsp3) is 0.625. The van der Waals surface area contributed by atoms with Gasteiger partial charge in [-0.3, -0.25) is 4.79 Å². The third kappa shape index (κ3) is 7.48. The van der Waals surface area contributed by atoms with Gasteiger partial charge in [-0.05, 0) is 53.4 Å². The lowest BCUT2D eigenvalue weighted by Crippen LogP contribution is -2.40. The van der Waals surface area contributed by atoms with Gasteiger partial charge in [-0.15, -0.1) is 0 Å². The molecule has 5 nitrogen and oxygen atoms in total. The molecule has 0 aromatic carbocycles. The molecule has 5 heteroatoms. The third-order valence-corrected chi connectivity index (χ3v) is 5.43. The summed E-state index contributed by atoms with van der Waals surface area (Å²) in [6.07, 6.45) is 7.90. The molecule has 2 N–H and O–H groups in total. The van der Waals surface area contributed by atoms with Gasteiger partial charge in [-0.25, -0.2) is 0 Å². The van der Waals surface area contributed by atoms with Crippen molar-refractivity contribution in [3.63, 3.8) is 0 Å². The minimum atomic E-state index is -0.856. The Morgan fingerprint density at radius 2 is 1.76 bits per heavy atom. The van der Waals surface area contributed by atoms with E-state index in [1.165, 1.54) is 25.4 Å². The van der Waals surface area contributed by atoms with Gasteiger partial charge in [-0.2, -0.15) is 0 Å². The summed E-state index contributed by atoms with van der Waals surface area (Å²) in [5.74, 6) is -0.343. The van der Waals surface area contributed by atoms with E-state index in [0.717, 1.165) is 18.4 Å². The highest BCUT2D eigenvalue weighted by atomic mass is 16.5. The Morgan fingerprint density at radius 3 is 2.31 bits per heavy atom. The van der Waals surface area contributed by atoms with Gasteiger partial charge in [0.1, 0.15) is 6.10 Å². The number of Topliss-reactive ketones (excluding diaryl/α,β-unsaturated/α-hetero) is 1. The van der Waals surface area contributed by atoms with Crippen LogP contribution in [0.2, 0.25) is 0 Å². The lowest BCUT2D eigenvalue weighted by molar-refractivity contribution is -0.128. The number of hydrogen-bond donors (Lipinski definition) is 2. The monoisotopic (exact) mass is 406 g/mol. The van der Waals surface area contributed by atoms with Gasteiger partial charge in [0, 0.05) is 11.8 Å². The smallest absolute Gasteiger partial charge is 0.204 e. The molecular formula is C24H38O5. The molecule has 0 amide bonds. The van der Waals surface area contributed by atoms with Crippen molar-refractivity contribution in [2.24, 2.45) is 11.8 Å². The molecule has 0 heterocycles. The van der Waals surface area contributed by atoms with Crippen molar-refractivity contribution >= 4 is 5.78 Å². The van der Waals surface area contributed by atoms with Gasteiger partial charge >= 0.3 is 0 Å². The predicted molar refractivity (Wildman–Crippen MR) is 116 cm³/mol. The van der Waals surface area contributed by atoms with E-state index in [2.05, 4.69) is 19.1 Å². The second-order valence-corrected chi connectivity index (χ2v) is 8.25. The van der Waals surface area contributed by atoms with Crippen LogP contribution in [0.15, 0.2) is 46.5 Å². The van der Waals surface area contributed by atoms with Gasteiger partial charge in [0.25, 0.3) is 0 Å². The number of aliphatic hydroxyl groups excluding tert-OH is 2. The summed E-state index contributed by atoms with van der Waals surface area (Å²) >= 11 is 0. The predicted octanol–water partition coefficient (Wildman–Crippen LogP) is 4.47. The van der Waals surface area contributed by atoms with Crippen LogP contribution in [0.25, 0.3) is 0 Å². The van der Waals surface area contributed by atoms with Crippen LogP contribution in [0.4, 0.5) is 0 Å². The maximum Gasteiger partial charge on any atom is 0.204 e. The molecule has 29 heavy (non-hydrogen) atoms. The van der Waals surface area contributed by atoms with Crippen LogP contribution in [0.1, 0.15) is 60.3 Å². The molecule has 0 bridgehead atoms. The first-order valence-corrected chi connectivity index (χ1v) is 10.3. The molecule has 1 aliphatic carbocycles. The van der Waals surface area contributed by atoms with Crippen LogP contribution in [0, 0.1) is 11.8 Å². The topological polar surface area (TPSA) is 76.0 Å². The van der Waals surface area contributed by atoms with Crippen LogP contribution in [-0.4, -0.2) is 42.4 Å². The molecule has 1 aliphatic rings. The molecule has 0 fully saturated rings. The number of ketones is 1. The molecule has 0 saturated carbocycles. The number of carbonyl (C=O) groups excluding carboxylic acids is 1. The second kappa shape index (κ2) is 12.0. The summed E-state index contributed by atoms with van der Waals surface area (Å²) < 4.78 is 10.4. The van der Waals surface area contributed by atoms with Crippen molar-refractivity contribution in [3.05, 3.63) is 46.5 Å². The molecule has 0 unspecified atom stereocenters. The highest BCUT2D eigenvalue weighted by Crippen LogP contribution is 2.35. The lowest BCUT2D eigenvalue weighted by atomic mass is 9.77. The maximum absolute atomic E-state index is 12.5. The van der Waals surface area contributed by atoms with Gasteiger partial charge in [0.15, 0.2) is 5.76 Å². The molecule has 1 rings (SSSR count). The molecular weight excluding hydrogens is 368 g/mol. The molecule has 0 aliphatic heterocycles. The van der Waals surface area contributed by atoms with Gasteiger partial charge in [0.2, 0.25) is 11.5 Å². The number of carbonyl (C=O) groups is 1. The molecule has 0 spiro atoms. The molecule has 164 valence electrons. The number of allylic oxidation sites excluding steroid dienone is 5. The molecule has 0 saturated heterocycles. The zero-order valence-corrected chi connectivity index (χ0v) is 19.0. The quantitative estimate of drug-likeness (QED) is 0.524. The zero-order valence-electron chi connectivity index (χ0n) is 19.0. The van der Waals surface area contributed by atoms with Crippen molar-refractivity contribution in [1.82, 2.24) is 0 Å². The first kappa shape index (κ1) is 25.2. The maximum atomic E-state index is 12.5. The average Bonchev–Trinajstić information content (AvgIpc) is 2.63. The molecule has 0 aromatic rings. The van der Waals surface area contributed by atoms with E-state index in [-0.39, 0.29) is 29.1 Å². The Hall–Kier alpha value is -1.85. The van der Waals surface area contributed by atoms with E-state index in [0.29, 0.717) is 12.8 Å². The third-order valence-electron chi connectivity index (χ3n) is 5.43. The number of hydrogen-bond acceptors (Lipinski definition) is 5. The van der Waals surface area contributed by atoms with E-state index in [9.17, 15) is 15.0 Å². The van der Waals surface area contributed by atoms with Crippen LogP contribution in [0.3, 0.4) is 0 Å². The number of aliphatic hydroxyl groups is 2. The Labute approximate surface area is 175 Å². The summed E-state index contributed by atoms with van der Waals surface area (Å²) in [6, 6.07) is 0. The molecule has 0 radical (unpaired) electrons. The largest absolute Gasteiger partial charge is 0.494 e. The normalized spacial score (nSPS) is 24.4. The number of rotatable bonds is 10. The molecule has 4 atom stereocenters. The van der Waals surface area contributed by atoms with Crippen molar-refractivity contribution in [2.75, 3.05) is 14.2 Å². The zero-order chi connectivity index (χ0) is 22.1. The first-order chi connectivity index (χ1) is 13.6. The summed E-state index contributed by atoms with van der Waals surface area (Å²) in [5.41, 5.74) is 3.50. The van der Waals surface area contributed by atoms with E-state index < -0.39 is 12.2 Å². The summed E-state index contributed by atoms with van der Waals surface area (Å²) in [6.45, 7) is 9.90. The van der Waals surface area contributed by atoms with Gasteiger partial charge < -0.3 is 19.7 Å². The van der Waals surface area contributed by atoms with E-state index in [4.69, 9.17) is 9.47 Å². The minimum Gasteiger partial charge on any atom is -0.494 e. The summed E-state index contributed by atoms with van der Waals surface area (Å²) in [5, 5.41) is 20.6. The Bertz CT molecular complexity index is 679. The lowest BCUT2D eigenvalue weighted by Gasteiger charge is -2.33. The summed E-state index contributed by atoms with van der Waals surface area (Å²) in [4.78, 5) is 12.5. The Kier molecular flexibility index (Phi) is 10.4. The van der Waals surface area contributed by atoms with Crippen molar-refractivity contribution in [2.45, 2.75) is 72.5 Å². The SMILES string of the molecule is COC1=C(OC)[C@H](O)[C@H](C/C=C(\C)CC/C=C(\C)C[C@H](O)C=C(C)C)[C@@H](C)C1=O. The number of ether oxygens (including phenoxy) is 2. The van der Waals surface area contributed by atoms with Gasteiger partial charge in [-0.1, -0.05) is 41.9 Å². The summed E-state index contributed by atoms with van der Waals surface area (Å²) in [7, 11) is 2.87. The van der Waals surface area contributed by atoms with Crippen LogP contribution in [-0.2, 0) is 14.3 Å². The van der Waals surface area contributed by atoms with E-state index >= 15 is 0 Å². The van der Waals surface area contributed by atoms with Crippen molar-refractivity contribution in [3.8, 4) is 0 Å². The Morgan fingerprint density at radius 1 is 1.10 bits per heavy atom. The van der Waals surface area contributed by atoms with Gasteiger partial charge in [0.05, 0.1) is 20.3 Å². The standard InChI is InChI=1S/C24H38O5/c1-15(2)13-19(25)14-17(4)10-8-9-16(3)11-12-20-18(5)21(26)23(28-6)24(29-7)22(20)27/h10-11,13,18-20,22,25,27H,8-9,12,14H2,1-7H3/b16-11+,17-10+/t18-,19-,20-,22-/m1/s1. The fourth-order valence-electron chi connectivity index (χ4n) is 3.71. The van der Waals surface area contributed by atoms with Crippen molar-refractivity contribution < 1.29 is 24.5 Å². The Balaban J connectivity index is 2.67. The van der Waals surface area contributed by atoms with Crippen molar-refractivity contribution in [1.29, 1.82) is 0 Å². The van der Waals surface area contributed by atoms with Crippen LogP contribution >= 0.6 is 0 Å². The average molecular weight is 407 g/mol. The van der Waals surface area contributed by atoms with E-state index in [1.54, 1.807) is 0 Å². The van der Waals surface area contributed by atoms with E-state index in [1.807, 2.05) is 33.8 Å². The minimum absolute atomic E-state index is 0.125. The second-order valence-electron chi connectivity index (χ2n) is 8.25. The fourth-order valence-corrected chi connectivity index (χ4v) is 3.71. The number of methoxy groups -OCH3 is 2. The highest BCUT2D eigenvalue weighted by molar-refractivity contribution is 5.97. The van der Waals surface area contributed by atoms with Crippen LogP contribution < -0.4 is 0 Å². The van der Waals surface area contributed by atoms with Crippen LogP contribution in [0.5, 0.6) is 0 Å².